The SMILES string of the molecule is CN(C)C(C)(C)CNCc1cc(Br)ccc1OC(F)F. The second-order valence-electron chi connectivity index (χ2n) is 5.44. The van der Waals surface area contributed by atoms with Gasteiger partial charge < -0.3 is 15.0 Å². The van der Waals surface area contributed by atoms with Crippen LogP contribution in [0.15, 0.2) is 22.7 Å². The summed E-state index contributed by atoms with van der Waals surface area (Å²) in [7, 11) is 4.01. The molecule has 0 aromatic heterocycles. The Kier molecular flexibility index (Phi) is 6.36. The molecule has 0 fully saturated rings. The Morgan fingerprint density at radius 3 is 2.55 bits per heavy atom. The van der Waals surface area contributed by atoms with Crippen molar-refractivity contribution in [3.63, 3.8) is 0 Å². The van der Waals surface area contributed by atoms with Crippen LogP contribution >= 0.6 is 15.9 Å². The minimum absolute atomic E-state index is 0.0181. The van der Waals surface area contributed by atoms with E-state index in [0.29, 0.717) is 12.1 Å². The van der Waals surface area contributed by atoms with Crippen molar-refractivity contribution in [2.24, 2.45) is 0 Å². The number of benzene rings is 1. The quantitative estimate of drug-likeness (QED) is 0.814. The molecule has 0 aliphatic heterocycles. The molecule has 0 heterocycles. The lowest BCUT2D eigenvalue weighted by Gasteiger charge is -2.32. The second kappa shape index (κ2) is 7.33. The fourth-order valence-corrected chi connectivity index (χ4v) is 1.97. The lowest BCUT2D eigenvalue weighted by Crippen LogP contribution is -2.46. The molecule has 0 bridgehead atoms. The highest BCUT2D eigenvalue weighted by Crippen LogP contribution is 2.24. The zero-order valence-corrected chi connectivity index (χ0v) is 13.8. The molecule has 0 unspecified atom stereocenters. The maximum Gasteiger partial charge on any atom is 0.387 e. The number of halogens is 3. The molecule has 0 radical (unpaired) electrons. The van der Waals surface area contributed by atoms with Crippen molar-refractivity contribution in [1.29, 1.82) is 0 Å². The molecule has 1 aromatic carbocycles. The van der Waals surface area contributed by atoms with Crippen LogP contribution in [0.2, 0.25) is 0 Å². The summed E-state index contributed by atoms with van der Waals surface area (Å²) in [6.07, 6.45) is 0. The Balaban J connectivity index is 2.69. The molecule has 0 aliphatic rings. The molecule has 0 aliphatic carbocycles. The summed E-state index contributed by atoms with van der Waals surface area (Å²) in [6.45, 7) is 2.61. The van der Waals surface area contributed by atoms with E-state index in [2.05, 4.69) is 44.7 Å². The number of alkyl halides is 2. The molecule has 0 spiro atoms. The van der Waals surface area contributed by atoms with Crippen molar-refractivity contribution in [2.45, 2.75) is 32.5 Å². The molecule has 20 heavy (non-hydrogen) atoms. The zero-order chi connectivity index (χ0) is 15.3. The van der Waals surface area contributed by atoms with Crippen molar-refractivity contribution in [3.8, 4) is 5.75 Å². The summed E-state index contributed by atoms with van der Waals surface area (Å²) in [4.78, 5) is 2.11. The van der Waals surface area contributed by atoms with Gasteiger partial charge in [-0.2, -0.15) is 8.78 Å². The van der Waals surface area contributed by atoms with Crippen molar-refractivity contribution < 1.29 is 13.5 Å². The van der Waals surface area contributed by atoms with Crippen molar-refractivity contribution in [2.75, 3.05) is 20.6 Å². The van der Waals surface area contributed by atoms with E-state index in [1.807, 2.05) is 14.1 Å². The van der Waals surface area contributed by atoms with Crippen LogP contribution < -0.4 is 10.1 Å². The first-order chi connectivity index (χ1) is 9.22. The molecule has 1 aromatic rings. The van der Waals surface area contributed by atoms with E-state index in [1.165, 1.54) is 0 Å². The van der Waals surface area contributed by atoms with Gasteiger partial charge in [0.2, 0.25) is 0 Å². The van der Waals surface area contributed by atoms with Gasteiger partial charge >= 0.3 is 6.61 Å². The Labute approximate surface area is 127 Å². The van der Waals surface area contributed by atoms with Gasteiger partial charge in [0.05, 0.1) is 0 Å². The van der Waals surface area contributed by atoms with Gasteiger partial charge in [-0.1, -0.05) is 15.9 Å². The van der Waals surface area contributed by atoms with Crippen LogP contribution in [0.5, 0.6) is 5.75 Å². The zero-order valence-electron chi connectivity index (χ0n) is 12.2. The molecule has 114 valence electrons. The van der Waals surface area contributed by atoms with Crippen molar-refractivity contribution in [1.82, 2.24) is 10.2 Å². The third kappa shape index (κ3) is 5.34. The summed E-state index contributed by atoms with van der Waals surface area (Å²) in [5, 5.41) is 3.28. The average Bonchev–Trinajstić information content (AvgIpc) is 2.31. The largest absolute Gasteiger partial charge is 0.434 e. The molecule has 6 heteroatoms. The van der Waals surface area contributed by atoms with E-state index < -0.39 is 6.61 Å². The Morgan fingerprint density at radius 2 is 2.00 bits per heavy atom. The minimum Gasteiger partial charge on any atom is -0.434 e. The topological polar surface area (TPSA) is 24.5 Å². The molecule has 1 N–H and O–H groups in total. The summed E-state index contributed by atoms with van der Waals surface area (Å²) in [6, 6.07) is 5.02. The number of nitrogens with zero attached hydrogens (tertiary/aromatic N) is 1. The first-order valence-electron chi connectivity index (χ1n) is 6.34. The maximum atomic E-state index is 12.4. The van der Waals surface area contributed by atoms with Gasteiger partial charge in [0.1, 0.15) is 5.75 Å². The summed E-state index contributed by atoms with van der Waals surface area (Å²) >= 11 is 3.34. The lowest BCUT2D eigenvalue weighted by atomic mass is 10.0. The lowest BCUT2D eigenvalue weighted by molar-refractivity contribution is -0.0505. The van der Waals surface area contributed by atoms with Crippen LogP contribution in [-0.2, 0) is 6.54 Å². The number of ether oxygens (including phenoxy) is 1. The molecule has 0 atom stereocenters. The molecule has 0 saturated carbocycles. The van der Waals surface area contributed by atoms with Crippen molar-refractivity contribution >= 4 is 15.9 Å². The smallest absolute Gasteiger partial charge is 0.387 e. The Hall–Kier alpha value is -0.720. The highest BCUT2D eigenvalue weighted by molar-refractivity contribution is 9.10. The van der Waals surface area contributed by atoms with E-state index >= 15 is 0 Å². The van der Waals surface area contributed by atoms with Crippen LogP contribution in [0.1, 0.15) is 19.4 Å². The second-order valence-corrected chi connectivity index (χ2v) is 6.36. The molecule has 3 nitrogen and oxygen atoms in total. The van der Waals surface area contributed by atoms with Crippen LogP contribution in [0, 0.1) is 0 Å². The molecule has 1 rings (SSSR count). The number of nitrogens with one attached hydrogen (secondary N) is 1. The van der Waals surface area contributed by atoms with Crippen LogP contribution in [0.25, 0.3) is 0 Å². The van der Waals surface area contributed by atoms with Crippen molar-refractivity contribution in [3.05, 3.63) is 28.2 Å². The first kappa shape index (κ1) is 17.3. The molecule has 0 saturated heterocycles. The fourth-order valence-electron chi connectivity index (χ4n) is 1.56. The number of hydrogen-bond acceptors (Lipinski definition) is 3. The normalized spacial score (nSPS) is 12.2. The molecular formula is C14H21BrF2N2O. The highest BCUT2D eigenvalue weighted by atomic mass is 79.9. The maximum absolute atomic E-state index is 12.4. The minimum atomic E-state index is -2.81. The number of rotatable bonds is 7. The Bertz CT molecular complexity index is 439. The van der Waals surface area contributed by atoms with E-state index in [4.69, 9.17) is 0 Å². The third-order valence-electron chi connectivity index (χ3n) is 3.32. The van der Waals surface area contributed by atoms with E-state index in [9.17, 15) is 8.78 Å². The predicted octanol–water partition coefficient (Wildman–Crippen LogP) is 3.48. The van der Waals surface area contributed by atoms with Crippen LogP contribution in [0.3, 0.4) is 0 Å². The number of likely N-dealkylation sites (N-methyl/N-ethyl adjacent to an activating group) is 1. The third-order valence-corrected chi connectivity index (χ3v) is 3.82. The van der Waals surface area contributed by atoms with Crippen LogP contribution in [0.4, 0.5) is 8.78 Å². The van der Waals surface area contributed by atoms with Gasteiger partial charge in [-0.3, -0.25) is 0 Å². The molecule has 0 amide bonds. The first-order valence-corrected chi connectivity index (χ1v) is 7.13. The van der Waals surface area contributed by atoms with E-state index in [-0.39, 0.29) is 11.3 Å². The predicted molar refractivity (Wildman–Crippen MR) is 80.2 cm³/mol. The number of hydrogen-bond donors (Lipinski definition) is 1. The van der Waals surface area contributed by atoms with E-state index in [1.54, 1.807) is 18.2 Å². The fraction of sp³-hybridized carbons (Fsp3) is 0.571. The highest BCUT2D eigenvalue weighted by Gasteiger charge is 2.20. The summed E-state index contributed by atoms with van der Waals surface area (Å²) < 4.78 is 30.1. The average molecular weight is 351 g/mol. The summed E-state index contributed by atoms with van der Waals surface area (Å²) in [5.41, 5.74) is 0.685. The van der Waals surface area contributed by atoms with Gasteiger partial charge in [0.15, 0.2) is 0 Å². The molecular weight excluding hydrogens is 330 g/mol. The van der Waals surface area contributed by atoms with Gasteiger partial charge in [-0.15, -0.1) is 0 Å². The van der Waals surface area contributed by atoms with Gasteiger partial charge in [-0.25, -0.2) is 0 Å². The van der Waals surface area contributed by atoms with Crippen LogP contribution in [-0.4, -0.2) is 37.7 Å². The van der Waals surface area contributed by atoms with E-state index in [0.717, 1.165) is 11.0 Å². The summed E-state index contributed by atoms with van der Waals surface area (Å²) in [5.74, 6) is 0.207. The van der Waals surface area contributed by atoms with Gasteiger partial charge in [0, 0.05) is 28.7 Å². The standard InChI is InChI=1S/C14H21BrF2N2O/c1-14(2,19(3)4)9-18-8-10-7-11(15)5-6-12(10)20-13(16)17/h5-7,13,18H,8-9H2,1-4H3. The van der Waals surface area contributed by atoms with Gasteiger partial charge in [0.25, 0.3) is 0 Å². The monoisotopic (exact) mass is 350 g/mol. The van der Waals surface area contributed by atoms with Gasteiger partial charge in [-0.05, 0) is 46.1 Å². The Morgan fingerprint density at radius 1 is 1.35 bits per heavy atom.